The molecule has 2 aromatic carbocycles. The molecule has 1 aromatic heterocycles. The van der Waals surface area contributed by atoms with Crippen molar-refractivity contribution in [2.45, 2.75) is 38.5 Å². The maximum absolute atomic E-state index is 13.1. The molecular formula is C26H32N4O3S. The van der Waals surface area contributed by atoms with Crippen LogP contribution in [0.3, 0.4) is 0 Å². The molecule has 0 unspecified atom stereocenters. The number of aromatic nitrogens is 2. The summed E-state index contributed by atoms with van der Waals surface area (Å²) in [6.45, 7) is 7.23. The Morgan fingerprint density at radius 1 is 1.03 bits per heavy atom. The standard InChI is InChI=1S/C26H32N4O3S/c1-5-7-17-29(6-2)25(32)21-15-11-12-16-22(21)34-18-23(31)27-24-19(3)28(4)30(26(24)33)20-13-9-8-10-14-20/h8-16H,5-7,17-18H2,1-4H3,(H,27,31). The number of hydrogen-bond donors (Lipinski definition) is 1. The zero-order chi connectivity index (χ0) is 24.7. The number of nitrogens with zero attached hydrogens (tertiary/aromatic N) is 3. The minimum atomic E-state index is -0.295. The fourth-order valence-corrected chi connectivity index (χ4v) is 4.57. The van der Waals surface area contributed by atoms with Crippen molar-refractivity contribution in [1.82, 2.24) is 14.3 Å². The molecule has 0 atom stereocenters. The van der Waals surface area contributed by atoms with Crippen molar-refractivity contribution < 1.29 is 9.59 Å². The van der Waals surface area contributed by atoms with Crippen molar-refractivity contribution >= 4 is 29.3 Å². The third-order valence-electron chi connectivity index (χ3n) is 5.75. The molecular weight excluding hydrogens is 448 g/mol. The molecule has 0 radical (unpaired) electrons. The van der Waals surface area contributed by atoms with Gasteiger partial charge in [0.15, 0.2) is 0 Å². The van der Waals surface area contributed by atoms with E-state index >= 15 is 0 Å². The van der Waals surface area contributed by atoms with E-state index in [9.17, 15) is 14.4 Å². The Morgan fingerprint density at radius 3 is 2.38 bits per heavy atom. The Labute approximate surface area is 204 Å². The lowest BCUT2D eigenvalue weighted by atomic mass is 10.2. The molecule has 0 spiro atoms. The molecule has 1 heterocycles. The summed E-state index contributed by atoms with van der Waals surface area (Å²) in [4.78, 5) is 41.5. The molecule has 0 fully saturated rings. The van der Waals surface area contributed by atoms with Gasteiger partial charge in [0.25, 0.3) is 11.5 Å². The smallest absolute Gasteiger partial charge is 0.295 e. The highest BCUT2D eigenvalue weighted by atomic mass is 32.2. The second-order valence-corrected chi connectivity index (χ2v) is 9.03. The van der Waals surface area contributed by atoms with Crippen molar-refractivity contribution in [3.63, 3.8) is 0 Å². The molecule has 0 aliphatic heterocycles. The lowest BCUT2D eigenvalue weighted by molar-refractivity contribution is -0.113. The second kappa shape index (κ2) is 11.7. The van der Waals surface area contributed by atoms with E-state index in [0.717, 1.165) is 23.4 Å². The maximum atomic E-state index is 13.1. The summed E-state index contributed by atoms with van der Waals surface area (Å²) in [5.41, 5.74) is 1.97. The predicted octanol–water partition coefficient (Wildman–Crippen LogP) is 4.48. The predicted molar refractivity (Wildman–Crippen MR) is 138 cm³/mol. The SMILES string of the molecule is CCCCN(CC)C(=O)c1ccccc1SCC(=O)Nc1c(C)n(C)n(-c2ccccc2)c1=O. The quantitative estimate of drug-likeness (QED) is 0.434. The number of carbonyl (C=O) groups is 2. The first kappa shape index (κ1) is 25.4. The Morgan fingerprint density at radius 2 is 1.71 bits per heavy atom. The van der Waals surface area contributed by atoms with Crippen LogP contribution in [0.4, 0.5) is 5.69 Å². The molecule has 2 amide bonds. The van der Waals surface area contributed by atoms with Crippen molar-refractivity contribution in [3.05, 3.63) is 76.2 Å². The lowest BCUT2D eigenvalue weighted by Crippen LogP contribution is -2.32. The van der Waals surface area contributed by atoms with Crippen LogP contribution >= 0.6 is 11.8 Å². The van der Waals surface area contributed by atoms with Gasteiger partial charge < -0.3 is 10.2 Å². The number of anilines is 1. The van der Waals surface area contributed by atoms with E-state index in [1.54, 1.807) is 24.7 Å². The first-order valence-electron chi connectivity index (χ1n) is 11.5. The molecule has 1 N–H and O–H groups in total. The van der Waals surface area contributed by atoms with Gasteiger partial charge in [-0.2, -0.15) is 0 Å². The van der Waals surface area contributed by atoms with Crippen LogP contribution in [0.5, 0.6) is 0 Å². The van der Waals surface area contributed by atoms with Crippen LogP contribution in [-0.2, 0) is 11.8 Å². The third kappa shape index (κ3) is 5.62. The molecule has 7 nitrogen and oxygen atoms in total. The van der Waals surface area contributed by atoms with Gasteiger partial charge in [0, 0.05) is 25.0 Å². The highest BCUT2D eigenvalue weighted by Gasteiger charge is 2.20. The summed E-state index contributed by atoms with van der Waals surface area (Å²) in [5.74, 6) is -0.231. The number of nitrogens with one attached hydrogen (secondary N) is 1. The van der Waals surface area contributed by atoms with E-state index < -0.39 is 0 Å². The van der Waals surface area contributed by atoms with Crippen molar-refractivity contribution in [2.24, 2.45) is 7.05 Å². The molecule has 0 bridgehead atoms. The first-order chi connectivity index (χ1) is 16.4. The van der Waals surface area contributed by atoms with Crippen LogP contribution in [0.15, 0.2) is 64.3 Å². The monoisotopic (exact) mass is 480 g/mol. The van der Waals surface area contributed by atoms with E-state index in [1.807, 2.05) is 60.4 Å². The summed E-state index contributed by atoms with van der Waals surface area (Å²) in [6, 6.07) is 16.7. The molecule has 3 aromatic rings. The van der Waals surface area contributed by atoms with Crippen molar-refractivity contribution in [1.29, 1.82) is 0 Å². The molecule has 0 saturated heterocycles. The average molecular weight is 481 g/mol. The fraction of sp³-hybridized carbons (Fsp3) is 0.346. The number of amides is 2. The topological polar surface area (TPSA) is 76.3 Å². The zero-order valence-corrected chi connectivity index (χ0v) is 21.0. The van der Waals surface area contributed by atoms with Crippen LogP contribution in [0.1, 0.15) is 42.7 Å². The molecule has 34 heavy (non-hydrogen) atoms. The van der Waals surface area contributed by atoms with Gasteiger partial charge in [-0.05, 0) is 44.5 Å². The largest absolute Gasteiger partial charge is 0.339 e. The average Bonchev–Trinajstić information content (AvgIpc) is 3.06. The second-order valence-electron chi connectivity index (χ2n) is 8.01. The van der Waals surface area contributed by atoms with Crippen LogP contribution in [0.2, 0.25) is 0 Å². The zero-order valence-electron chi connectivity index (χ0n) is 20.2. The van der Waals surface area contributed by atoms with Gasteiger partial charge in [0.2, 0.25) is 5.91 Å². The van der Waals surface area contributed by atoms with Gasteiger partial charge in [-0.15, -0.1) is 11.8 Å². The molecule has 180 valence electrons. The fourth-order valence-electron chi connectivity index (χ4n) is 3.72. The van der Waals surface area contributed by atoms with Gasteiger partial charge in [0.1, 0.15) is 5.69 Å². The lowest BCUT2D eigenvalue weighted by Gasteiger charge is -2.22. The van der Waals surface area contributed by atoms with Gasteiger partial charge in [0.05, 0.1) is 22.7 Å². The Hall–Kier alpha value is -3.26. The summed E-state index contributed by atoms with van der Waals surface area (Å²) < 4.78 is 3.26. The summed E-state index contributed by atoms with van der Waals surface area (Å²) >= 11 is 1.30. The van der Waals surface area contributed by atoms with Gasteiger partial charge in [-0.1, -0.05) is 43.7 Å². The number of thioether (sulfide) groups is 1. The van der Waals surface area contributed by atoms with Gasteiger partial charge >= 0.3 is 0 Å². The van der Waals surface area contributed by atoms with Crippen molar-refractivity contribution in [2.75, 3.05) is 24.2 Å². The minimum absolute atomic E-state index is 0.0240. The van der Waals surface area contributed by atoms with E-state index in [1.165, 1.54) is 16.4 Å². The molecule has 3 rings (SSSR count). The van der Waals surface area contributed by atoms with E-state index in [-0.39, 0.29) is 28.8 Å². The molecule has 0 aliphatic rings. The maximum Gasteiger partial charge on any atom is 0.295 e. The van der Waals surface area contributed by atoms with E-state index in [4.69, 9.17) is 0 Å². The number of benzene rings is 2. The number of carbonyl (C=O) groups excluding carboxylic acids is 2. The van der Waals surface area contributed by atoms with Crippen LogP contribution in [0.25, 0.3) is 5.69 Å². The van der Waals surface area contributed by atoms with Gasteiger partial charge in [-0.25, -0.2) is 4.68 Å². The number of para-hydroxylation sites is 1. The molecule has 8 heteroatoms. The number of unbranched alkanes of at least 4 members (excludes halogenated alkanes) is 1. The molecule has 0 saturated carbocycles. The Kier molecular flexibility index (Phi) is 8.76. The highest BCUT2D eigenvalue weighted by molar-refractivity contribution is 8.00. The first-order valence-corrected chi connectivity index (χ1v) is 12.5. The number of hydrogen-bond acceptors (Lipinski definition) is 4. The van der Waals surface area contributed by atoms with Crippen molar-refractivity contribution in [3.8, 4) is 5.69 Å². The van der Waals surface area contributed by atoms with Crippen LogP contribution in [-0.4, -0.2) is 44.9 Å². The third-order valence-corrected chi connectivity index (χ3v) is 6.82. The van der Waals surface area contributed by atoms with Gasteiger partial charge in [-0.3, -0.25) is 19.1 Å². The molecule has 0 aliphatic carbocycles. The van der Waals surface area contributed by atoms with E-state index in [2.05, 4.69) is 12.2 Å². The van der Waals surface area contributed by atoms with Crippen LogP contribution < -0.4 is 10.9 Å². The number of rotatable bonds is 10. The Bertz CT molecular complexity index is 1200. The summed E-state index contributed by atoms with van der Waals surface area (Å²) in [7, 11) is 1.79. The Balaban J connectivity index is 1.74. The van der Waals surface area contributed by atoms with E-state index in [0.29, 0.717) is 24.3 Å². The highest BCUT2D eigenvalue weighted by Crippen LogP contribution is 2.24. The minimum Gasteiger partial charge on any atom is -0.339 e. The normalized spacial score (nSPS) is 10.8. The van der Waals surface area contributed by atoms with Crippen LogP contribution in [0, 0.1) is 6.92 Å². The summed E-state index contributed by atoms with van der Waals surface area (Å²) in [6.07, 6.45) is 1.97. The summed E-state index contributed by atoms with van der Waals surface area (Å²) in [5, 5.41) is 2.78.